The molecule has 1 rings (SSSR count). The van der Waals surface area contributed by atoms with Crippen LogP contribution in [0.5, 0.6) is 11.5 Å². The van der Waals surface area contributed by atoms with Gasteiger partial charge in [0.2, 0.25) is 0 Å². The van der Waals surface area contributed by atoms with Crippen LogP contribution in [0.3, 0.4) is 0 Å². The Morgan fingerprint density at radius 3 is 2.46 bits per heavy atom. The van der Waals surface area contributed by atoms with E-state index in [1.54, 1.807) is 14.2 Å². The molecule has 0 aliphatic carbocycles. The smallest absolute Gasteiger partial charge is 0.191 e. The third-order valence-electron chi connectivity index (χ3n) is 3.99. The lowest BCUT2D eigenvalue weighted by Crippen LogP contribution is -2.45. The van der Waals surface area contributed by atoms with Gasteiger partial charge in [-0.2, -0.15) is 0 Å². The topological polar surface area (TPSA) is 58.1 Å². The van der Waals surface area contributed by atoms with Crippen molar-refractivity contribution >= 4 is 29.9 Å². The molecular formula is C19H35IN4O2. The Kier molecular flexibility index (Phi) is 13.3. The number of likely N-dealkylation sites (N-methyl/N-ethyl adjacent to an activating group) is 1. The molecule has 1 atom stereocenters. The highest BCUT2D eigenvalue weighted by Gasteiger charge is 2.08. The summed E-state index contributed by atoms with van der Waals surface area (Å²) in [5.41, 5.74) is 0. The molecule has 0 saturated carbocycles. The zero-order chi connectivity index (χ0) is 18.7. The van der Waals surface area contributed by atoms with Gasteiger partial charge in [0.05, 0.1) is 13.7 Å². The predicted molar refractivity (Wildman–Crippen MR) is 120 cm³/mol. The Labute approximate surface area is 175 Å². The molecule has 0 spiro atoms. The number of nitrogens with one attached hydrogen (secondary N) is 2. The van der Waals surface area contributed by atoms with E-state index in [-0.39, 0.29) is 30.1 Å². The first-order chi connectivity index (χ1) is 12.0. The number of benzene rings is 1. The monoisotopic (exact) mass is 478 g/mol. The fourth-order valence-corrected chi connectivity index (χ4v) is 2.51. The standard InChI is InChI=1S/C19H34N4O2.HI/c1-7-23(15(2)3)12-11-21-19(20-5)22-14-16(4)25-18-10-8-9-17(13-18)24-6;/h8-10,13,15-16H,7,11-12,14H2,1-6H3,(H2,20,21,22);1H. The van der Waals surface area contributed by atoms with Gasteiger partial charge < -0.3 is 20.1 Å². The van der Waals surface area contributed by atoms with Crippen molar-refractivity contribution in [1.29, 1.82) is 0 Å². The lowest BCUT2D eigenvalue weighted by atomic mass is 10.3. The second-order valence-corrected chi connectivity index (χ2v) is 6.21. The molecule has 0 aromatic heterocycles. The number of ether oxygens (including phenoxy) is 2. The van der Waals surface area contributed by atoms with Crippen LogP contribution in [-0.2, 0) is 0 Å². The van der Waals surface area contributed by atoms with Gasteiger partial charge in [-0.25, -0.2) is 0 Å². The second-order valence-electron chi connectivity index (χ2n) is 6.21. The molecule has 7 heteroatoms. The van der Waals surface area contributed by atoms with Crippen LogP contribution in [0.2, 0.25) is 0 Å². The maximum atomic E-state index is 5.91. The number of methoxy groups -OCH3 is 1. The molecule has 0 heterocycles. The van der Waals surface area contributed by atoms with Crippen LogP contribution >= 0.6 is 24.0 Å². The summed E-state index contributed by atoms with van der Waals surface area (Å²) in [5, 5.41) is 6.65. The summed E-state index contributed by atoms with van der Waals surface area (Å²) in [6.45, 7) is 12.2. The van der Waals surface area contributed by atoms with Crippen LogP contribution in [0.4, 0.5) is 0 Å². The average molecular weight is 478 g/mol. The first kappa shape index (κ1) is 24.8. The number of guanidine groups is 1. The average Bonchev–Trinajstić information content (AvgIpc) is 2.61. The van der Waals surface area contributed by atoms with Gasteiger partial charge >= 0.3 is 0 Å². The third kappa shape index (κ3) is 9.47. The number of hydrogen-bond donors (Lipinski definition) is 2. The van der Waals surface area contributed by atoms with Crippen LogP contribution in [0.15, 0.2) is 29.3 Å². The first-order valence-corrected chi connectivity index (χ1v) is 8.99. The molecule has 1 unspecified atom stereocenters. The third-order valence-corrected chi connectivity index (χ3v) is 3.99. The van der Waals surface area contributed by atoms with Crippen molar-refractivity contribution in [3.8, 4) is 11.5 Å². The second kappa shape index (κ2) is 13.9. The van der Waals surface area contributed by atoms with E-state index in [0.29, 0.717) is 12.6 Å². The van der Waals surface area contributed by atoms with Gasteiger partial charge in [0.25, 0.3) is 0 Å². The summed E-state index contributed by atoms with van der Waals surface area (Å²) < 4.78 is 11.1. The highest BCUT2D eigenvalue weighted by atomic mass is 127. The summed E-state index contributed by atoms with van der Waals surface area (Å²) in [5.74, 6) is 2.38. The summed E-state index contributed by atoms with van der Waals surface area (Å²) in [7, 11) is 3.43. The normalized spacial score (nSPS) is 12.5. The Hall–Kier alpha value is -1.22. The van der Waals surface area contributed by atoms with E-state index in [1.165, 1.54) is 0 Å². The molecule has 150 valence electrons. The van der Waals surface area contributed by atoms with E-state index in [1.807, 2.05) is 31.2 Å². The lowest BCUT2D eigenvalue weighted by molar-refractivity contribution is 0.222. The number of rotatable bonds is 10. The van der Waals surface area contributed by atoms with Crippen LogP contribution < -0.4 is 20.1 Å². The Balaban J connectivity index is 0.00000625. The first-order valence-electron chi connectivity index (χ1n) is 8.99. The number of aliphatic imine (C=N–C) groups is 1. The summed E-state index contributed by atoms with van der Waals surface area (Å²) in [6, 6.07) is 8.19. The Morgan fingerprint density at radius 2 is 1.88 bits per heavy atom. The minimum absolute atomic E-state index is 0. The molecular weight excluding hydrogens is 443 g/mol. The largest absolute Gasteiger partial charge is 0.497 e. The molecule has 1 aromatic carbocycles. The molecule has 26 heavy (non-hydrogen) atoms. The fourth-order valence-electron chi connectivity index (χ4n) is 2.51. The van der Waals surface area contributed by atoms with E-state index in [2.05, 4.69) is 41.3 Å². The maximum absolute atomic E-state index is 5.91. The SMILES string of the molecule is CCN(CCNC(=NC)NCC(C)Oc1cccc(OC)c1)C(C)C.I. The number of hydrogen-bond acceptors (Lipinski definition) is 4. The molecule has 0 radical (unpaired) electrons. The lowest BCUT2D eigenvalue weighted by Gasteiger charge is -2.25. The van der Waals surface area contributed by atoms with Crippen molar-refractivity contribution < 1.29 is 9.47 Å². The molecule has 1 aromatic rings. The van der Waals surface area contributed by atoms with E-state index in [9.17, 15) is 0 Å². The van der Waals surface area contributed by atoms with Gasteiger partial charge in [0.15, 0.2) is 5.96 Å². The zero-order valence-electron chi connectivity index (χ0n) is 16.9. The van der Waals surface area contributed by atoms with Crippen LogP contribution in [0.1, 0.15) is 27.7 Å². The number of nitrogens with zero attached hydrogens (tertiary/aromatic N) is 2. The molecule has 0 aliphatic rings. The number of halogens is 1. The molecule has 0 bridgehead atoms. The maximum Gasteiger partial charge on any atom is 0.191 e. The van der Waals surface area contributed by atoms with E-state index < -0.39 is 0 Å². The molecule has 0 saturated heterocycles. The minimum atomic E-state index is 0. The summed E-state index contributed by atoms with van der Waals surface area (Å²) in [4.78, 5) is 6.67. The van der Waals surface area contributed by atoms with Crippen LogP contribution in [-0.4, -0.2) is 63.3 Å². The molecule has 0 fully saturated rings. The van der Waals surface area contributed by atoms with Gasteiger partial charge in [-0.15, -0.1) is 24.0 Å². The van der Waals surface area contributed by atoms with Gasteiger partial charge in [-0.05, 0) is 39.4 Å². The van der Waals surface area contributed by atoms with E-state index >= 15 is 0 Å². The fraction of sp³-hybridized carbons (Fsp3) is 0.632. The van der Waals surface area contributed by atoms with Gasteiger partial charge in [0, 0.05) is 32.2 Å². The zero-order valence-corrected chi connectivity index (χ0v) is 19.2. The minimum Gasteiger partial charge on any atom is -0.497 e. The molecule has 0 aliphatic heterocycles. The molecule has 0 amide bonds. The predicted octanol–water partition coefficient (Wildman–Crippen LogP) is 2.98. The highest BCUT2D eigenvalue weighted by molar-refractivity contribution is 14.0. The van der Waals surface area contributed by atoms with E-state index in [0.717, 1.165) is 37.1 Å². The van der Waals surface area contributed by atoms with Crippen molar-refractivity contribution in [3.05, 3.63) is 24.3 Å². The van der Waals surface area contributed by atoms with E-state index in [4.69, 9.17) is 9.47 Å². The van der Waals surface area contributed by atoms with Crippen molar-refractivity contribution in [2.45, 2.75) is 39.8 Å². The van der Waals surface area contributed by atoms with Gasteiger partial charge in [-0.3, -0.25) is 9.89 Å². The summed E-state index contributed by atoms with van der Waals surface area (Å²) >= 11 is 0. The summed E-state index contributed by atoms with van der Waals surface area (Å²) in [6.07, 6.45) is 0.00783. The van der Waals surface area contributed by atoms with Crippen molar-refractivity contribution in [3.63, 3.8) is 0 Å². The van der Waals surface area contributed by atoms with Gasteiger partial charge in [-0.1, -0.05) is 13.0 Å². The Bertz CT molecular complexity index is 526. The quantitative estimate of drug-likeness (QED) is 0.308. The van der Waals surface area contributed by atoms with Crippen molar-refractivity contribution in [1.82, 2.24) is 15.5 Å². The van der Waals surface area contributed by atoms with Crippen molar-refractivity contribution in [2.75, 3.05) is 40.3 Å². The van der Waals surface area contributed by atoms with Crippen LogP contribution in [0.25, 0.3) is 0 Å². The Morgan fingerprint density at radius 1 is 1.19 bits per heavy atom. The van der Waals surface area contributed by atoms with Crippen LogP contribution in [0, 0.1) is 0 Å². The van der Waals surface area contributed by atoms with Crippen molar-refractivity contribution in [2.24, 2.45) is 4.99 Å². The van der Waals surface area contributed by atoms with Gasteiger partial charge in [0.1, 0.15) is 17.6 Å². The molecule has 2 N–H and O–H groups in total. The highest BCUT2D eigenvalue weighted by Crippen LogP contribution is 2.19. The molecule has 6 nitrogen and oxygen atoms in total.